The fraction of sp³-hybridized carbons (Fsp3) is 0.133. The summed E-state index contributed by atoms with van der Waals surface area (Å²) in [5.74, 6) is 0. The maximum Gasteiger partial charge on any atom is 0.262 e. The highest BCUT2D eigenvalue weighted by molar-refractivity contribution is 7.92. The van der Waals surface area contributed by atoms with E-state index < -0.39 is 10.0 Å². The van der Waals surface area contributed by atoms with Crippen molar-refractivity contribution in [2.75, 3.05) is 10.5 Å². The lowest BCUT2D eigenvalue weighted by molar-refractivity contribution is 0.600. The normalized spacial score (nSPS) is 10.9. The van der Waals surface area contributed by atoms with Crippen molar-refractivity contribution in [3.63, 3.8) is 0 Å². The summed E-state index contributed by atoms with van der Waals surface area (Å²) in [4.78, 5) is 0.187. The first kappa shape index (κ1) is 14.9. The summed E-state index contributed by atoms with van der Waals surface area (Å²) in [7, 11) is -3.73. The van der Waals surface area contributed by atoms with Gasteiger partial charge in [-0.2, -0.15) is 5.26 Å². The molecule has 0 spiro atoms. The molecule has 108 valence electrons. The average molecular weight is 301 g/mol. The van der Waals surface area contributed by atoms with Crippen molar-refractivity contribution >= 4 is 21.4 Å². The summed E-state index contributed by atoms with van der Waals surface area (Å²) in [6, 6.07) is 11.5. The van der Waals surface area contributed by atoms with Gasteiger partial charge in [-0.15, -0.1) is 0 Å². The van der Waals surface area contributed by atoms with Crippen molar-refractivity contribution < 1.29 is 8.42 Å². The molecule has 0 saturated carbocycles. The van der Waals surface area contributed by atoms with Crippen LogP contribution in [0.5, 0.6) is 0 Å². The zero-order chi connectivity index (χ0) is 15.6. The van der Waals surface area contributed by atoms with E-state index in [0.29, 0.717) is 28.1 Å². The molecule has 0 unspecified atom stereocenters. The first-order valence-electron chi connectivity index (χ1n) is 6.24. The van der Waals surface area contributed by atoms with E-state index in [2.05, 4.69) is 4.72 Å². The molecule has 0 radical (unpaired) electrons. The highest BCUT2D eigenvalue weighted by Gasteiger charge is 2.20. The minimum Gasteiger partial charge on any atom is -0.398 e. The zero-order valence-electron chi connectivity index (χ0n) is 11.7. The Hall–Kier alpha value is -2.52. The van der Waals surface area contributed by atoms with Crippen LogP contribution in [0.25, 0.3) is 0 Å². The molecule has 2 rings (SSSR count). The van der Waals surface area contributed by atoms with Crippen LogP contribution in [-0.4, -0.2) is 8.42 Å². The third kappa shape index (κ3) is 2.98. The predicted octanol–water partition coefficient (Wildman–Crippen LogP) is 2.56. The van der Waals surface area contributed by atoms with E-state index in [1.165, 1.54) is 0 Å². The Morgan fingerprint density at radius 3 is 2.29 bits per heavy atom. The Morgan fingerprint density at radius 1 is 1.10 bits per heavy atom. The molecule has 2 aromatic carbocycles. The van der Waals surface area contributed by atoms with Crippen molar-refractivity contribution in [1.29, 1.82) is 5.26 Å². The molecule has 0 atom stereocenters. The molecule has 2 aromatic rings. The Bertz CT molecular complexity index is 819. The van der Waals surface area contributed by atoms with Gasteiger partial charge in [-0.05, 0) is 55.3 Å². The first-order chi connectivity index (χ1) is 9.85. The number of nitrogen functional groups attached to an aromatic ring is 1. The molecule has 0 amide bonds. The van der Waals surface area contributed by atoms with Crippen molar-refractivity contribution in [3.8, 4) is 6.07 Å². The second kappa shape index (κ2) is 5.46. The lowest BCUT2D eigenvalue weighted by Gasteiger charge is -2.14. The van der Waals surface area contributed by atoms with Gasteiger partial charge in [0.2, 0.25) is 0 Å². The molecule has 0 bridgehead atoms. The van der Waals surface area contributed by atoms with Crippen LogP contribution in [0.2, 0.25) is 0 Å². The molecule has 0 aliphatic carbocycles. The van der Waals surface area contributed by atoms with E-state index in [4.69, 9.17) is 11.0 Å². The number of sulfonamides is 1. The van der Waals surface area contributed by atoms with Crippen LogP contribution in [0.15, 0.2) is 41.3 Å². The number of nitrogens with zero attached hydrogens (tertiary/aromatic N) is 1. The standard InChI is InChI=1S/C15H15N3O2S/c1-10-3-8-14(17)11(2)15(10)21(19,20)18-13-6-4-12(9-16)5-7-13/h3-8,18H,17H2,1-2H3. The monoisotopic (exact) mass is 301 g/mol. The number of nitrogens with two attached hydrogens (primary N) is 1. The van der Waals surface area contributed by atoms with Gasteiger partial charge in [0.15, 0.2) is 0 Å². The summed E-state index contributed by atoms with van der Waals surface area (Å²) in [6.07, 6.45) is 0. The summed E-state index contributed by atoms with van der Waals surface area (Å²) in [5, 5.41) is 8.74. The number of hydrogen-bond donors (Lipinski definition) is 2. The number of nitriles is 1. The smallest absolute Gasteiger partial charge is 0.262 e. The van der Waals surface area contributed by atoms with Crippen molar-refractivity contribution in [2.24, 2.45) is 0 Å². The molecule has 3 N–H and O–H groups in total. The lowest BCUT2D eigenvalue weighted by Crippen LogP contribution is -2.16. The number of aryl methyl sites for hydroxylation is 1. The first-order valence-corrected chi connectivity index (χ1v) is 7.72. The van der Waals surface area contributed by atoms with Gasteiger partial charge in [-0.1, -0.05) is 6.07 Å². The molecule has 21 heavy (non-hydrogen) atoms. The van der Waals surface area contributed by atoms with E-state index >= 15 is 0 Å². The second-order valence-electron chi connectivity index (χ2n) is 4.72. The van der Waals surface area contributed by atoms with Crippen molar-refractivity contribution in [3.05, 3.63) is 53.1 Å². The van der Waals surface area contributed by atoms with Gasteiger partial charge in [-0.3, -0.25) is 4.72 Å². The van der Waals surface area contributed by atoms with E-state index in [1.807, 2.05) is 6.07 Å². The number of nitrogens with one attached hydrogen (secondary N) is 1. The van der Waals surface area contributed by atoms with Gasteiger partial charge in [-0.25, -0.2) is 8.42 Å². The van der Waals surface area contributed by atoms with Crippen LogP contribution in [-0.2, 0) is 10.0 Å². The minimum atomic E-state index is -3.73. The number of anilines is 2. The van der Waals surface area contributed by atoms with Gasteiger partial charge in [0.1, 0.15) is 0 Å². The van der Waals surface area contributed by atoms with Crippen LogP contribution in [0.1, 0.15) is 16.7 Å². The Balaban J connectivity index is 2.43. The van der Waals surface area contributed by atoms with Crippen molar-refractivity contribution in [2.45, 2.75) is 18.7 Å². The molecular weight excluding hydrogens is 286 g/mol. The largest absolute Gasteiger partial charge is 0.398 e. The fourth-order valence-corrected chi connectivity index (χ4v) is 3.64. The number of rotatable bonds is 3. The molecule has 0 aliphatic heterocycles. The van der Waals surface area contributed by atoms with Crippen LogP contribution in [0.4, 0.5) is 11.4 Å². The molecule has 0 aromatic heterocycles. The lowest BCUT2D eigenvalue weighted by atomic mass is 10.1. The van der Waals surface area contributed by atoms with Crippen LogP contribution >= 0.6 is 0 Å². The predicted molar refractivity (Wildman–Crippen MR) is 82.3 cm³/mol. The zero-order valence-corrected chi connectivity index (χ0v) is 12.5. The van der Waals surface area contributed by atoms with Gasteiger partial charge in [0, 0.05) is 11.4 Å². The molecular formula is C15H15N3O2S. The van der Waals surface area contributed by atoms with Gasteiger partial charge in [0.25, 0.3) is 10.0 Å². The molecule has 6 heteroatoms. The van der Waals surface area contributed by atoms with Crippen LogP contribution in [0, 0.1) is 25.2 Å². The minimum absolute atomic E-state index is 0.187. The van der Waals surface area contributed by atoms with Gasteiger partial charge in [0.05, 0.1) is 16.5 Å². The van der Waals surface area contributed by atoms with Crippen LogP contribution in [0.3, 0.4) is 0 Å². The molecule has 0 saturated heterocycles. The highest BCUT2D eigenvalue weighted by atomic mass is 32.2. The highest BCUT2D eigenvalue weighted by Crippen LogP contribution is 2.26. The maximum absolute atomic E-state index is 12.5. The summed E-state index contributed by atoms with van der Waals surface area (Å²) < 4.78 is 27.5. The molecule has 0 heterocycles. The van der Waals surface area contributed by atoms with E-state index in [0.717, 1.165) is 0 Å². The third-order valence-corrected chi connectivity index (χ3v) is 4.85. The quantitative estimate of drug-likeness (QED) is 0.851. The second-order valence-corrected chi connectivity index (χ2v) is 6.34. The van der Waals surface area contributed by atoms with E-state index in [-0.39, 0.29) is 4.90 Å². The van der Waals surface area contributed by atoms with Gasteiger partial charge >= 0.3 is 0 Å². The topological polar surface area (TPSA) is 96.0 Å². The van der Waals surface area contributed by atoms with Crippen LogP contribution < -0.4 is 10.5 Å². The van der Waals surface area contributed by atoms with E-state index in [9.17, 15) is 8.42 Å². The number of hydrogen-bond acceptors (Lipinski definition) is 4. The summed E-state index contributed by atoms with van der Waals surface area (Å²) in [5.41, 5.74) is 8.24. The third-order valence-electron chi connectivity index (χ3n) is 3.18. The summed E-state index contributed by atoms with van der Waals surface area (Å²) in [6.45, 7) is 3.40. The Morgan fingerprint density at radius 2 is 1.71 bits per heavy atom. The Labute approximate surface area is 124 Å². The maximum atomic E-state index is 12.5. The Kier molecular flexibility index (Phi) is 3.87. The SMILES string of the molecule is Cc1ccc(N)c(C)c1S(=O)(=O)Nc1ccc(C#N)cc1. The summed E-state index contributed by atoms with van der Waals surface area (Å²) >= 11 is 0. The molecule has 0 fully saturated rings. The molecule has 0 aliphatic rings. The van der Waals surface area contributed by atoms with Gasteiger partial charge < -0.3 is 5.73 Å². The molecule has 5 nitrogen and oxygen atoms in total. The van der Waals surface area contributed by atoms with E-state index in [1.54, 1.807) is 50.2 Å². The number of benzene rings is 2. The fourth-order valence-electron chi connectivity index (χ4n) is 2.07. The van der Waals surface area contributed by atoms with Crippen molar-refractivity contribution in [1.82, 2.24) is 0 Å². The average Bonchev–Trinajstić information content (AvgIpc) is 2.43.